The zero-order valence-electron chi connectivity index (χ0n) is 10.5. The minimum atomic E-state index is 0.841. The van der Waals surface area contributed by atoms with E-state index in [0.717, 1.165) is 24.4 Å². The van der Waals surface area contributed by atoms with Crippen LogP contribution in [0.5, 0.6) is 0 Å². The maximum atomic E-state index is 4.39. The van der Waals surface area contributed by atoms with E-state index in [-0.39, 0.29) is 0 Å². The van der Waals surface area contributed by atoms with Crippen molar-refractivity contribution in [1.29, 1.82) is 0 Å². The summed E-state index contributed by atoms with van der Waals surface area (Å²) in [5.74, 6) is 0. The highest BCUT2D eigenvalue weighted by Gasteiger charge is 2.18. The molecule has 0 aromatic carbocycles. The first-order valence-electron chi connectivity index (χ1n) is 6.32. The summed E-state index contributed by atoms with van der Waals surface area (Å²) < 4.78 is 0. The Balaban J connectivity index is 2.18. The first-order valence-corrected chi connectivity index (χ1v) is 6.32. The van der Waals surface area contributed by atoms with Gasteiger partial charge in [-0.3, -0.25) is 5.10 Å². The Labute approximate surface area is 101 Å². The fourth-order valence-electron chi connectivity index (χ4n) is 2.73. The molecule has 1 aliphatic rings. The van der Waals surface area contributed by atoms with Crippen LogP contribution in [0.25, 0.3) is 11.0 Å². The third kappa shape index (κ3) is 1.68. The Bertz CT molecular complexity index is 538. The van der Waals surface area contributed by atoms with Crippen LogP contribution in [0.2, 0.25) is 0 Å². The van der Waals surface area contributed by atoms with E-state index >= 15 is 0 Å². The molecule has 0 spiro atoms. The van der Waals surface area contributed by atoms with Gasteiger partial charge in [0.05, 0.1) is 11.1 Å². The van der Waals surface area contributed by atoms with Crippen LogP contribution in [0.3, 0.4) is 0 Å². The number of hydrogen-bond donors (Lipinski definition) is 1. The van der Waals surface area contributed by atoms with Gasteiger partial charge in [-0.05, 0) is 38.7 Å². The van der Waals surface area contributed by atoms with E-state index in [1.165, 1.54) is 35.9 Å². The maximum absolute atomic E-state index is 4.39. The fraction of sp³-hybridized carbons (Fsp3) is 0.538. The van der Waals surface area contributed by atoms with E-state index in [1.807, 2.05) is 6.20 Å². The van der Waals surface area contributed by atoms with Crippen molar-refractivity contribution in [2.75, 3.05) is 18.0 Å². The van der Waals surface area contributed by atoms with Gasteiger partial charge in [0.25, 0.3) is 0 Å². The molecule has 17 heavy (non-hydrogen) atoms. The summed E-state index contributed by atoms with van der Waals surface area (Å²) in [6, 6.07) is 0. The van der Waals surface area contributed by atoms with Gasteiger partial charge in [0.2, 0.25) is 0 Å². The van der Waals surface area contributed by atoms with Crippen molar-refractivity contribution in [3.05, 3.63) is 17.5 Å². The molecule has 3 heterocycles. The van der Waals surface area contributed by atoms with E-state index in [1.54, 1.807) is 0 Å². The number of rotatable bonds is 1. The van der Waals surface area contributed by atoms with E-state index in [0.29, 0.717) is 0 Å². The van der Waals surface area contributed by atoms with Crippen LogP contribution in [0.4, 0.5) is 5.69 Å². The smallest absolute Gasteiger partial charge is 0.183 e. The highest BCUT2D eigenvalue weighted by molar-refractivity contribution is 5.93. The highest BCUT2D eigenvalue weighted by Crippen LogP contribution is 2.32. The molecule has 0 unspecified atom stereocenters. The summed E-state index contributed by atoms with van der Waals surface area (Å²) in [5.41, 5.74) is 4.55. The molecule has 4 nitrogen and oxygen atoms in total. The van der Waals surface area contributed by atoms with E-state index in [9.17, 15) is 0 Å². The van der Waals surface area contributed by atoms with Crippen LogP contribution in [0.1, 0.15) is 30.5 Å². The second-order valence-electron chi connectivity index (χ2n) is 4.88. The zero-order valence-corrected chi connectivity index (χ0v) is 10.5. The average molecular weight is 230 g/mol. The molecule has 1 aliphatic heterocycles. The number of piperidine rings is 1. The van der Waals surface area contributed by atoms with E-state index < -0.39 is 0 Å². The molecule has 4 heteroatoms. The molecule has 1 N–H and O–H groups in total. The van der Waals surface area contributed by atoms with Gasteiger partial charge >= 0.3 is 0 Å². The number of H-pyrrole nitrogens is 1. The number of fused-ring (bicyclic) bond motifs is 1. The van der Waals surface area contributed by atoms with Crippen molar-refractivity contribution >= 4 is 16.7 Å². The van der Waals surface area contributed by atoms with E-state index in [2.05, 4.69) is 33.9 Å². The summed E-state index contributed by atoms with van der Waals surface area (Å²) >= 11 is 0. The van der Waals surface area contributed by atoms with Crippen LogP contribution in [0.15, 0.2) is 6.20 Å². The van der Waals surface area contributed by atoms with Crippen LogP contribution >= 0.6 is 0 Å². The van der Waals surface area contributed by atoms with Crippen molar-refractivity contribution in [1.82, 2.24) is 15.2 Å². The molecule has 90 valence electrons. The Morgan fingerprint density at radius 2 is 1.94 bits per heavy atom. The molecular weight excluding hydrogens is 212 g/mol. The Kier molecular flexibility index (Phi) is 2.50. The molecule has 0 radical (unpaired) electrons. The van der Waals surface area contributed by atoms with Gasteiger partial charge in [0.1, 0.15) is 0 Å². The highest BCUT2D eigenvalue weighted by atomic mass is 15.2. The Morgan fingerprint density at radius 1 is 1.18 bits per heavy atom. The predicted molar refractivity (Wildman–Crippen MR) is 69.4 cm³/mol. The standard InChI is InChI=1S/C13H18N4/c1-9-8-14-13-11(10(2)15-16-13)12(9)17-6-4-3-5-7-17/h8H,3-7H2,1-2H3,(H,14,15,16). The van der Waals surface area contributed by atoms with E-state index in [4.69, 9.17) is 0 Å². The summed E-state index contributed by atoms with van der Waals surface area (Å²) in [4.78, 5) is 6.88. The first-order chi connectivity index (χ1) is 8.27. The lowest BCUT2D eigenvalue weighted by atomic mass is 10.1. The van der Waals surface area contributed by atoms with Crippen molar-refractivity contribution < 1.29 is 0 Å². The molecule has 1 saturated heterocycles. The zero-order chi connectivity index (χ0) is 11.8. The van der Waals surface area contributed by atoms with Gasteiger partial charge in [-0.2, -0.15) is 5.10 Å². The van der Waals surface area contributed by atoms with Crippen molar-refractivity contribution in [3.8, 4) is 0 Å². The van der Waals surface area contributed by atoms with Crippen LogP contribution < -0.4 is 4.90 Å². The molecule has 2 aromatic rings. The van der Waals surface area contributed by atoms with Crippen molar-refractivity contribution in [2.45, 2.75) is 33.1 Å². The number of aromatic amines is 1. The van der Waals surface area contributed by atoms with Gasteiger partial charge in [-0.1, -0.05) is 0 Å². The molecule has 0 bridgehead atoms. The second-order valence-corrected chi connectivity index (χ2v) is 4.88. The molecule has 3 rings (SSSR count). The molecule has 1 fully saturated rings. The third-order valence-electron chi connectivity index (χ3n) is 3.59. The Morgan fingerprint density at radius 3 is 2.71 bits per heavy atom. The van der Waals surface area contributed by atoms with Crippen molar-refractivity contribution in [2.24, 2.45) is 0 Å². The number of nitrogens with one attached hydrogen (secondary N) is 1. The second kappa shape index (κ2) is 4.02. The number of pyridine rings is 1. The lowest BCUT2D eigenvalue weighted by molar-refractivity contribution is 0.578. The minimum Gasteiger partial charge on any atom is -0.371 e. The summed E-state index contributed by atoms with van der Waals surface area (Å²) in [6.07, 6.45) is 5.88. The van der Waals surface area contributed by atoms with Gasteiger partial charge in [-0.25, -0.2) is 4.98 Å². The number of hydrogen-bond acceptors (Lipinski definition) is 3. The molecule has 0 atom stereocenters. The number of anilines is 1. The Hall–Kier alpha value is -1.58. The normalized spacial score (nSPS) is 16.7. The number of aromatic nitrogens is 3. The minimum absolute atomic E-state index is 0.841. The molecule has 0 saturated carbocycles. The largest absolute Gasteiger partial charge is 0.371 e. The fourth-order valence-corrected chi connectivity index (χ4v) is 2.73. The third-order valence-corrected chi connectivity index (χ3v) is 3.59. The topological polar surface area (TPSA) is 44.8 Å². The van der Waals surface area contributed by atoms with Crippen LogP contribution in [-0.4, -0.2) is 28.3 Å². The van der Waals surface area contributed by atoms with Crippen LogP contribution in [0, 0.1) is 13.8 Å². The molecular formula is C13H18N4. The van der Waals surface area contributed by atoms with Crippen molar-refractivity contribution in [3.63, 3.8) is 0 Å². The molecule has 0 amide bonds. The van der Waals surface area contributed by atoms with Gasteiger partial charge in [-0.15, -0.1) is 0 Å². The first kappa shape index (κ1) is 10.6. The monoisotopic (exact) mass is 230 g/mol. The number of aryl methyl sites for hydroxylation is 2. The SMILES string of the molecule is Cc1cnc2n[nH]c(C)c2c1N1CCCCC1. The average Bonchev–Trinajstić information content (AvgIpc) is 2.73. The van der Waals surface area contributed by atoms with Gasteiger partial charge < -0.3 is 4.90 Å². The van der Waals surface area contributed by atoms with Gasteiger partial charge in [0, 0.05) is 25.0 Å². The van der Waals surface area contributed by atoms with Gasteiger partial charge in [0.15, 0.2) is 5.65 Å². The summed E-state index contributed by atoms with van der Waals surface area (Å²) in [6.45, 7) is 6.53. The summed E-state index contributed by atoms with van der Waals surface area (Å²) in [7, 11) is 0. The molecule has 2 aromatic heterocycles. The maximum Gasteiger partial charge on any atom is 0.183 e. The molecule has 0 aliphatic carbocycles. The lowest BCUT2D eigenvalue weighted by Crippen LogP contribution is -2.30. The van der Waals surface area contributed by atoms with Crippen LogP contribution in [-0.2, 0) is 0 Å². The lowest BCUT2D eigenvalue weighted by Gasteiger charge is -2.30. The predicted octanol–water partition coefficient (Wildman–Crippen LogP) is 2.57. The quantitative estimate of drug-likeness (QED) is 0.819. The summed E-state index contributed by atoms with van der Waals surface area (Å²) in [5, 5.41) is 8.50. The number of nitrogens with zero attached hydrogens (tertiary/aromatic N) is 3.